The molecule has 0 spiro atoms. The van der Waals surface area contributed by atoms with E-state index in [9.17, 15) is 4.79 Å². The van der Waals surface area contributed by atoms with Crippen molar-refractivity contribution in [1.29, 1.82) is 0 Å². The van der Waals surface area contributed by atoms with Crippen molar-refractivity contribution in [3.63, 3.8) is 0 Å². The highest BCUT2D eigenvalue weighted by atomic mass is 16.1. The summed E-state index contributed by atoms with van der Waals surface area (Å²) in [5.74, 6) is 0.143. The van der Waals surface area contributed by atoms with Crippen molar-refractivity contribution in [2.75, 3.05) is 5.73 Å². The Morgan fingerprint density at radius 1 is 1.44 bits per heavy atom. The summed E-state index contributed by atoms with van der Waals surface area (Å²) in [4.78, 5) is 21.5. The topological polar surface area (TPSA) is 99.6 Å². The van der Waals surface area contributed by atoms with E-state index < -0.39 is 0 Å². The van der Waals surface area contributed by atoms with Gasteiger partial charge in [-0.05, 0) is 18.4 Å². The van der Waals surface area contributed by atoms with Crippen LogP contribution < -0.4 is 16.6 Å². The lowest BCUT2D eigenvalue weighted by atomic mass is 10.2. The second-order valence-corrected chi connectivity index (χ2v) is 4.85. The van der Waals surface area contributed by atoms with Crippen LogP contribution in [0.4, 0.5) is 5.95 Å². The summed E-state index contributed by atoms with van der Waals surface area (Å²) in [5, 5.41) is 4.09. The number of nitrogen functional groups attached to an aromatic ring is 1. The fourth-order valence-corrected chi connectivity index (χ4v) is 2.64. The summed E-state index contributed by atoms with van der Waals surface area (Å²) < 4.78 is 0. The second-order valence-electron chi connectivity index (χ2n) is 4.85. The Labute approximate surface area is 104 Å². The third kappa shape index (κ3) is 1.99. The predicted octanol–water partition coefficient (Wildman–Crippen LogP) is 0.866. The molecule has 0 atom stereocenters. The van der Waals surface area contributed by atoms with Crippen molar-refractivity contribution in [3.05, 3.63) is 22.1 Å². The molecule has 0 radical (unpaired) electrons. The largest absolute Gasteiger partial charge is 0.369 e. The molecule has 18 heavy (non-hydrogen) atoms. The zero-order chi connectivity index (χ0) is 12.5. The van der Waals surface area contributed by atoms with Gasteiger partial charge in [0.25, 0.3) is 5.56 Å². The first-order valence-corrected chi connectivity index (χ1v) is 6.33. The van der Waals surface area contributed by atoms with E-state index in [2.05, 4.69) is 20.3 Å². The number of anilines is 1. The van der Waals surface area contributed by atoms with Gasteiger partial charge in [0.2, 0.25) is 5.95 Å². The number of H-pyrrole nitrogens is 2. The summed E-state index contributed by atoms with van der Waals surface area (Å²) in [5.41, 5.74) is 6.83. The number of fused-ring (bicyclic) bond motifs is 1. The molecule has 1 aliphatic rings. The number of rotatable bonds is 3. The summed E-state index contributed by atoms with van der Waals surface area (Å²) in [7, 11) is 0. The normalized spacial score (nSPS) is 16.7. The molecule has 6 nitrogen and oxygen atoms in total. The fourth-order valence-electron chi connectivity index (χ4n) is 2.64. The first-order valence-electron chi connectivity index (χ1n) is 6.33. The standard InChI is InChI=1S/C12H17N5O/c13-12-16-10-9(11(18)17-12)7(6-15-10)5-14-8-3-1-2-4-8/h6,8,14H,1-5H2,(H4,13,15,16,17,18). The molecule has 0 bridgehead atoms. The van der Waals surface area contributed by atoms with Gasteiger partial charge in [0, 0.05) is 18.8 Å². The Hall–Kier alpha value is -1.82. The third-order valence-corrected chi connectivity index (χ3v) is 3.58. The summed E-state index contributed by atoms with van der Waals surface area (Å²) in [6, 6.07) is 0.579. The van der Waals surface area contributed by atoms with Gasteiger partial charge < -0.3 is 16.0 Å². The van der Waals surface area contributed by atoms with Gasteiger partial charge in [-0.1, -0.05) is 12.8 Å². The number of aromatic amines is 2. The first kappa shape index (κ1) is 11.3. The Bertz CT molecular complexity index is 608. The molecular formula is C12H17N5O. The van der Waals surface area contributed by atoms with Crippen LogP contribution in [0.15, 0.2) is 11.0 Å². The monoisotopic (exact) mass is 247 g/mol. The average molecular weight is 247 g/mol. The highest BCUT2D eigenvalue weighted by Crippen LogP contribution is 2.19. The molecule has 1 saturated carbocycles. The second kappa shape index (κ2) is 4.45. The number of aromatic nitrogens is 3. The summed E-state index contributed by atoms with van der Waals surface area (Å²) in [6.45, 7) is 0.694. The van der Waals surface area contributed by atoms with E-state index in [1.807, 2.05) is 6.20 Å². The van der Waals surface area contributed by atoms with E-state index in [4.69, 9.17) is 5.73 Å². The quantitative estimate of drug-likeness (QED) is 0.646. The average Bonchev–Trinajstić information content (AvgIpc) is 2.94. The SMILES string of the molecule is Nc1nc2[nH]cc(CNC3CCCC3)c2c(=O)[nH]1. The van der Waals surface area contributed by atoms with Crippen molar-refractivity contribution in [3.8, 4) is 0 Å². The Kier molecular flexibility index (Phi) is 2.79. The highest BCUT2D eigenvalue weighted by molar-refractivity contribution is 5.79. The van der Waals surface area contributed by atoms with E-state index in [-0.39, 0.29) is 11.5 Å². The molecule has 0 aromatic carbocycles. The van der Waals surface area contributed by atoms with Gasteiger partial charge in [-0.3, -0.25) is 9.78 Å². The van der Waals surface area contributed by atoms with Crippen LogP contribution >= 0.6 is 0 Å². The highest BCUT2D eigenvalue weighted by Gasteiger charge is 2.16. The Morgan fingerprint density at radius 2 is 2.22 bits per heavy atom. The molecule has 3 rings (SSSR count). The minimum Gasteiger partial charge on any atom is -0.369 e. The lowest BCUT2D eigenvalue weighted by molar-refractivity contribution is 0.525. The van der Waals surface area contributed by atoms with Crippen molar-refractivity contribution >= 4 is 17.0 Å². The van der Waals surface area contributed by atoms with Gasteiger partial charge in [0.1, 0.15) is 5.65 Å². The summed E-state index contributed by atoms with van der Waals surface area (Å²) in [6.07, 6.45) is 6.87. The van der Waals surface area contributed by atoms with Crippen LogP contribution in [0.3, 0.4) is 0 Å². The zero-order valence-electron chi connectivity index (χ0n) is 10.1. The molecule has 0 unspecified atom stereocenters. The van der Waals surface area contributed by atoms with Gasteiger partial charge in [0.15, 0.2) is 0 Å². The molecule has 0 saturated heterocycles. The van der Waals surface area contributed by atoms with Crippen LogP contribution in [-0.4, -0.2) is 21.0 Å². The number of nitrogens with zero attached hydrogens (tertiary/aromatic N) is 1. The fraction of sp³-hybridized carbons (Fsp3) is 0.500. The van der Waals surface area contributed by atoms with Gasteiger partial charge in [-0.2, -0.15) is 4.98 Å². The van der Waals surface area contributed by atoms with Gasteiger partial charge in [-0.25, -0.2) is 0 Å². The molecule has 96 valence electrons. The third-order valence-electron chi connectivity index (χ3n) is 3.58. The van der Waals surface area contributed by atoms with Gasteiger partial charge >= 0.3 is 0 Å². The van der Waals surface area contributed by atoms with Crippen LogP contribution in [0.2, 0.25) is 0 Å². The molecule has 1 aliphatic carbocycles. The lowest BCUT2D eigenvalue weighted by Gasteiger charge is -2.10. The maximum absolute atomic E-state index is 11.9. The molecule has 5 N–H and O–H groups in total. The minimum absolute atomic E-state index is 0.143. The molecule has 6 heteroatoms. The summed E-state index contributed by atoms with van der Waals surface area (Å²) >= 11 is 0. The number of nitrogens with one attached hydrogen (secondary N) is 3. The molecule has 1 fully saturated rings. The maximum atomic E-state index is 11.9. The van der Waals surface area contributed by atoms with Gasteiger partial charge in [-0.15, -0.1) is 0 Å². The predicted molar refractivity (Wildman–Crippen MR) is 70.2 cm³/mol. The lowest BCUT2D eigenvalue weighted by Crippen LogP contribution is -2.25. The Balaban J connectivity index is 1.85. The molecule has 0 amide bonds. The van der Waals surface area contributed by atoms with Crippen LogP contribution in [0.1, 0.15) is 31.2 Å². The van der Waals surface area contributed by atoms with Crippen molar-refractivity contribution in [2.24, 2.45) is 0 Å². The van der Waals surface area contributed by atoms with Crippen LogP contribution in [0, 0.1) is 0 Å². The van der Waals surface area contributed by atoms with E-state index in [0.717, 1.165) is 5.56 Å². The van der Waals surface area contributed by atoms with Gasteiger partial charge in [0.05, 0.1) is 5.39 Å². The number of hydrogen-bond acceptors (Lipinski definition) is 4. The minimum atomic E-state index is -0.179. The number of nitrogens with two attached hydrogens (primary N) is 1. The van der Waals surface area contributed by atoms with Crippen molar-refractivity contribution in [2.45, 2.75) is 38.3 Å². The number of hydrogen-bond donors (Lipinski definition) is 4. The van der Waals surface area contributed by atoms with Crippen LogP contribution in [0.5, 0.6) is 0 Å². The maximum Gasteiger partial charge on any atom is 0.262 e. The van der Waals surface area contributed by atoms with E-state index in [1.54, 1.807) is 0 Å². The first-order chi connectivity index (χ1) is 8.74. The van der Waals surface area contributed by atoms with E-state index in [1.165, 1.54) is 25.7 Å². The molecule has 2 aromatic heterocycles. The molecule has 2 heterocycles. The zero-order valence-corrected chi connectivity index (χ0v) is 10.1. The van der Waals surface area contributed by atoms with E-state index >= 15 is 0 Å². The van der Waals surface area contributed by atoms with Crippen LogP contribution in [-0.2, 0) is 6.54 Å². The molecular weight excluding hydrogens is 230 g/mol. The van der Waals surface area contributed by atoms with Crippen LogP contribution in [0.25, 0.3) is 11.0 Å². The van der Waals surface area contributed by atoms with E-state index in [0.29, 0.717) is 23.6 Å². The Morgan fingerprint density at radius 3 is 3.00 bits per heavy atom. The van der Waals surface area contributed by atoms with Crippen molar-refractivity contribution < 1.29 is 0 Å². The molecule has 0 aliphatic heterocycles. The smallest absolute Gasteiger partial charge is 0.262 e. The molecule has 2 aromatic rings. The van der Waals surface area contributed by atoms with Crippen molar-refractivity contribution in [1.82, 2.24) is 20.3 Å².